The van der Waals surface area contributed by atoms with Crippen molar-refractivity contribution in [1.29, 1.82) is 0 Å². The van der Waals surface area contributed by atoms with Crippen molar-refractivity contribution in [2.24, 2.45) is 5.92 Å². The zero-order valence-corrected chi connectivity index (χ0v) is 15.5. The molecule has 1 aliphatic heterocycles. The second kappa shape index (κ2) is 7.99. The third-order valence-corrected chi connectivity index (χ3v) is 5.37. The molecule has 3 rings (SSSR count). The molecule has 25 heavy (non-hydrogen) atoms. The Kier molecular flexibility index (Phi) is 5.73. The lowest BCUT2D eigenvalue weighted by Crippen LogP contribution is -2.39. The second-order valence-corrected chi connectivity index (χ2v) is 7.57. The van der Waals surface area contributed by atoms with E-state index >= 15 is 0 Å². The molecule has 0 spiro atoms. The van der Waals surface area contributed by atoms with Crippen LogP contribution in [0.2, 0.25) is 0 Å². The number of nitrogens with zero attached hydrogens (tertiary/aromatic N) is 1. The molecule has 1 aromatic carbocycles. The molecular formula is C18H22BrN3O3. The van der Waals surface area contributed by atoms with Gasteiger partial charge in [0.2, 0.25) is 17.7 Å². The number of hydrogen-bond donors (Lipinski definition) is 2. The Morgan fingerprint density at radius 1 is 1.16 bits per heavy atom. The maximum Gasteiger partial charge on any atom is 0.243 e. The van der Waals surface area contributed by atoms with Gasteiger partial charge in [-0.2, -0.15) is 0 Å². The van der Waals surface area contributed by atoms with Gasteiger partial charge in [0.1, 0.15) is 0 Å². The summed E-state index contributed by atoms with van der Waals surface area (Å²) in [6.07, 6.45) is 4.63. The van der Waals surface area contributed by atoms with Crippen molar-refractivity contribution in [2.75, 3.05) is 18.4 Å². The summed E-state index contributed by atoms with van der Waals surface area (Å²) in [6, 6.07) is 7.51. The molecule has 3 amide bonds. The van der Waals surface area contributed by atoms with Crippen LogP contribution in [0, 0.1) is 5.92 Å². The molecular weight excluding hydrogens is 386 g/mol. The molecule has 1 atom stereocenters. The first kappa shape index (κ1) is 17.9. The van der Waals surface area contributed by atoms with Gasteiger partial charge < -0.3 is 15.5 Å². The number of carbonyl (C=O) groups is 3. The molecule has 1 saturated heterocycles. The van der Waals surface area contributed by atoms with Crippen molar-refractivity contribution >= 4 is 39.3 Å². The van der Waals surface area contributed by atoms with Crippen molar-refractivity contribution in [1.82, 2.24) is 10.2 Å². The molecule has 0 radical (unpaired) electrons. The largest absolute Gasteiger partial charge is 0.347 e. The van der Waals surface area contributed by atoms with Gasteiger partial charge in [0.25, 0.3) is 0 Å². The molecule has 7 heteroatoms. The summed E-state index contributed by atoms with van der Waals surface area (Å²) in [5, 5.41) is 5.37. The molecule has 2 N–H and O–H groups in total. The minimum Gasteiger partial charge on any atom is -0.347 e. The first-order chi connectivity index (χ1) is 12.0. The van der Waals surface area contributed by atoms with Crippen molar-refractivity contribution in [3.63, 3.8) is 0 Å². The minimum absolute atomic E-state index is 0.0614. The molecule has 1 aromatic rings. The van der Waals surface area contributed by atoms with Crippen LogP contribution in [0.15, 0.2) is 28.7 Å². The molecule has 0 aromatic heterocycles. The Bertz CT molecular complexity index is 656. The Hall–Kier alpha value is -1.89. The van der Waals surface area contributed by atoms with Crippen molar-refractivity contribution < 1.29 is 14.4 Å². The summed E-state index contributed by atoms with van der Waals surface area (Å²) in [5.41, 5.74) is 0.672. The van der Waals surface area contributed by atoms with Gasteiger partial charge in [-0.1, -0.05) is 28.8 Å². The Labute approximate surface area is 155 Å². The van der Waals surface area contributed by atoms with E-state index < -0.39 is 0 Å². The van der Waals surface area contributed by atoms with E-state index in [4.69, 9.17) is 0 Å². The zero-order valence-electron chi connectivity index (χ0n) is 14.0. The first-order valence-electron chi connectivity index (χ1n) is 8.65. The standard InChI is InChI=1S/C18H22BrN3O3/c19-13-5-7-14(8-6-13)21-16(23)10-20-18(25)12-9-17(24)22(11-12)15-3-1-2-4-15/h5-8,12,15H,1-4,9-11H2,(H,20,25)(H,21,23). The van der Waals surface area contributed by atoms with Crippen LogP contribution in [0.3, 0.4) is 0 Å². The lowest BCUT2D eigenvalue weighted by molar-refractivity contribution is -0.130. The molecule has 1 heterocycles. The summed E-state index contributed by atoms with van der Waals surface area (Å²) in [5.74, 6) is -0.799. The van der Waals surface area contributed by atoms with Gasteiger partial charge in [-0.3, -0.25) is 14.4 Å². The summed E-state index contributed by atoms with van der Waals surface area (Å²) in [4.78, 5) is 38.2. The third kappa shape index (κ3) is 4.60. The van der Waals surface area contributed by atoms with Crippen LogP contribution < -0.4 is 10.6 Å². The van der Waals surface area contributed by atoms with Gasteiger partial charge in [-0.25, -0.2) is 0 Å². The Balaban J connectivity index is 1.45. The molecule has 2 fully saturated rings. The fourth-order valence-corrected chi connectivity index (χ4v) is 3.79. The van der Waals surface area contributed by atoms with E-state index in [0.717, 1.165) is 30.2 Å². The van der Waals surface area contributed by atoms with Gasteiger partial charge in [-0.15, -0.1) is 0 Å². The van der Waals surface area contributed by atoms with Gasteiger partial charge in [-0.05, 0) is 37.1 Å². The predicted molar refractivity (Wildman–Crippen MR) is 97.9 cm³/mol. The van der Waals surface area contributed by atoms with Crippen LogP contribution in [0.25, 0.3) is 0 Å². The molecule has 2 aliphatic rings. The highest BCUT2D eigenvalue weighted by Gasteiger charge is 2.38. The van der Waals surface area contributed by atoms with Gasteiger partial charge in [0.05, 0.1) is 12.5 Å². The Morgan fingerprint density at radius 2 is 1.84 bits per heavy atom. The molecule has 134 valence electrons. The highest BCUT2D eigenvalue weighted by atomic mass is 79.9. The number of likely N-dealkylation sites (tertiary alicyclic amines) is 1. The maximum absolute atomic E-state index is 12.3. The van der Waals surface area contributed by atoms with E-state index in [0.29, 0.717) is 18.3 Å². The van der Waals surface area contributed by atoms with E-state index in [2.05, 4.69) is 26.6 Å². The smallest absolute Gasteiger partial charge is 0.243 e. The average Bonchev–Trinajstić information content (AvgIpc) is 3.24. The minimum atomic E-state index is -0.353. The van der Waals surface area contributed by atoms with E-state index in [1.807, 2.05) is 17.0 Å². The fraction of sp³-hybridized carbons (Fsp3) is 0.500. The molecule has 1 aliphatic carbocycles. The molecule has 1 unspecified atom stereocenters. The first-order valence-corrected chi connectivity index (χ1v) is 9.45. The lowest BCUT2D eigenvalue weighted by Gasteiger charge is -2.23. The van der Waals surface area contributed by atoms with E-state index in [-0.39, 0.29) is 36.6 Å². The van der Waals surface area contributed by atoms with Crippen LogP contribution in [0.5, 0.6) is 0 Å². The molecule has 6 nitrogen and oxygen atoms in total. The normalized spacial score (nSPS) is 20.8. The number of halogens is 1. The van der Waals surface area contributed by atoms with Gasteiger partial charge in [0.15, 0.2) is 0 Å². The number of amides is 3. The third-order valence-electron chi connectivity index (χ3n) is 4.85. The van der Waals surface area contributed by atoms with Gasteiger partial charge in [0, 0.05) is 29.2 Å². The number of carbonyl (C=O) groups excluding carboxylic acids is 3. The quantitative estimate of drug-likeness (QED) is 0.785. The topological polar surface area (TPSA) is 78.5 Å². The van der Waals surface area contributed by atoms with Crippen LogP contribution in [0.4, 0.5) is 5.69 Å². The van der Waals surface area contributed by atoms with E-state index in [9.17, 15) is 14.4 Å². The highest BCUT2D eigenvalue weighted by molar-refractivity contribution is 9.10. The zero-order chi connectivity index (χ0) is 17.8. The predicted octanol–water partition coefficient (Wildman–Crippen LogP) is 2.29. The SMILES string of the molecule is O=C(CNC(=O)C1CC(=O)N(C2CCCC2)C1)Nc1ccc(Br)cc1. The average molecular weight is 408 g/mol. The van der Waals surface area contributed by atoms with E-state index in [1.54, 1.807) is 12.1 Å². The monoisotopic (exact) mass is 407 g/mol. The maximum atomic E-state index is 12.3. The summed E-state index contributed by atoms with van der Waals surface area (Å²) in [7, 11) is 0. The van der Waals surface area contributed by atoms with Crippen LogP contribution in [-0.4, -0.2) is 41.8 Å². The highest BCUT2D eigenvalue weighted by Crippen LogP contribution is 2.29. The lowest BCUT2D eigenvalue weighted by atomic mass is 10.1. The van der Waals surface area contributed by atoms with E-state index in [1.165, 1.54) is 0 Å². The van der Waals surface area contributed by atoms with Gasteiger partial charge >= 0.3 is 0 Å². The number of hydrogen-bond acceptors (Lipinski definition) is 3. The van der Waals surface area contributed by atoms with Crippen LogP contribution in [0.1, 0.15) is 32.1 Å². The summed E-state index contributed by atoms with van der Waals surface area (Å²) >= 11 is 3.33. The summed E-state index contributed by atoms with van der Waals surface area (Å²) < 4.78 is 0.927. The molecule has 1 saturated carbocycles. The number of rotatable bonds is 5. The van der Waals surface area contributed by atoms with Crippen molar-refractivity contribution in [2.45, 2.75) is 38.1 Å². The van der Waals surface area contributed by atoms with Crippen LogP contribution in [-0.2, 0) is 14.4 Å². The number of nitrogens with one attached hydrogen (secondary N) is 2. The number of benzene rings is 1. The molecule has 0 bridgehead atoms. The second-order valence-electron chi connectivity index (χ2n) is 6.66. The summed E-state index contributed by atoms with van der Waals surface area (Å²) in [6.45, 7) is 0.382. The van der Waals surface area contributed by atoms with Crippen molar-refractivity contribution in [3.05, 3.63) is 28.7 Å². The van der Waals surface area contributed by atoms with Crippen molar-refractivity contribution in [3.8, 4) is 0 Å². The van der Waals surface area contributed by atoms with Crippen LogP contribution >= 0.6 is 15.9 Å². The Morgan fingerprint density at radius 3 is 2.52 bits per heavy atom. The number of anilines is 1. The fourth-order valence-electron chi connectivity index (χ4n) is 3.53.